The summed E-state index contributed by atoms with van der Waals surface area (Å²) in [4.78, 5) is 10.4. The normalized spacial score (nSPS) is 10.4. The van der Waals surface area contributed by atoms with Crippen LogP contribution in [0, 0.1) is 27.3 Å². The molecule has 0 unspecified atom stereocenters. The van der Waals surface area contributed by atoms with Crippen molar-refractivity contribution in [3.63, 3.8) is 0 Å². The van der Waals surface area contributed by atoms with Gasteiger partial charge in [-0.05, 0) is 35.9 Å². The van der Waals surface area contributed by atoms with Gasteiger partial charge in [0.1, 0.15) is 5.82 Å². The molecule has 2 aromatic carbocycles. The van der Waals surface area contributed by atoms with Gasteiger partial charge >= 0.3 is 0 Å². The van der Waals surface area contributed by atoms with Crippen LogP contribution >= 0.6 is 0 Å². The molecule has 0 saturated carbocycles. The fourth-order valence-corrected chi connectivity index (χ4v) is 1.67. The Hall–Kier alpha value is -3.00. The third-order valence-electron chi connectivity index (χ3n) is 2.68. The molecule has 0 aliphatic carbocycles. The Morgan fingerprint density at radius 3 is 2.45 bits per heavy atom. The van der Waals surface area contributed by atoms with Crippen LogP contribution < -0.4 is 0 Å². The molecule has 98 valence electrons. The van der Waals surface area contributed by atoms with Gasteiger partial charge < -0.3 is 0 Å². The zero-order valence-electron chi connectivity index (χ0n) is 10.3. The van der Waals surface area contributed by atoms with Crippen LogP contribution in [-0.2, 0) is 0 Å². The van der Waals surface area contributed by atoms with Crippen LogP contribution in [0.3, 0.4) is 0 Å². The minimum absolute atomic E-state index is 0.137. The van der Waals surface area contributed by atoms with E-state index in [-0.39, 0.29) is 17.1 Å². The molecule has 2 aromatic rings. The number of hydrogen-bond acceptors (Lipinski definition) is 3. The molecule has 0 heterocycles. The summed E-state index contributed by atoms with van der Waals surface area (Å²) in [5.74, 6) is -0.341. The van der Waals surface area contributed by atoms with E-state index in [9.17, 15) is 14.5 Å². The SMILES string of the molecule is N#Cc1ccc(/C=C/c2ccc(F)cc2)c([N+](=O)[O-])c1. The molecule has 0 bridgehead atoms. The second kappa shape index (κ2) is 5.76. The maximum atomic E-state index is 12.8. The molecule has 0 amide bonds. The van der Waals surface area contributed by atoms with E-state index in [1.54, 1.807) is 24.3 Å². The van der Waals surface area contributed by atoms with Gasteiger partial charge in [0.25, 0.3) is 5.69 Å². The van der Waals surface area contributed by atoms with Crippen molar-refractivity contribution >= 4 is 17.8 Å². The Kier molecular flexibility index (Phi) is 3.87. The average Bonchev–Trinajstić information content (AvgIpc) is 2.46. The summed E-state index contributed by atoms with van der Waals surface area (Å²) in [6.07, 6.45) is 3.21. The molecule has 4 nitrogen and oxygen atoms in total. The van der Waals surface area contributed by atoms with E-state index in [1.165, 1.54) is 30.3 Å². The first-order valence-electron chi connectivity index (χ1n) is 5.72. The van der Waals surface area contributed by atoms with Gasteiger partial charge in [-0.2, -0.15) is 5.26 Å². The number of hydrogen-bond donors (Lipinski definition) is 0. The van der Waals surface area contributed by atoms with E-state index in [4.69, 9.17) is 5.26 Å². The zero-order valence-corrected chi connectivity index (χ0v) is 10.3. The lowest BCUT2D eigenvalue weighted by molar-refractivity contribution is -0.385. The van der Waals surface area contributed by atoms with E-state index >= 15 is 0 Å². The number of nitro groups is 1. The van der Waals surface area contributed by atoms with Gasteiger partial charge in [-0.1, -0.05) is 18.2 Å². The first kappa shape index (κ1) is 13.4. The number of benzene rings is 2. The van der Waals surface area contributed by atoms with E-state index in [0.29, 0.717) is 5.56 Å². The smallest absolute Gasteiger partial charge is 0.258 e. The molecular formula is C15H9FN2O2. The van der Waals surface area contributed by atoms with E-state index in [1.807, 2.05) is 6.07 Å². The highest BCUT2D eigenvalue weighted by atomic mass is 19.1. The zero-order chi connectivity index (χ0) is 14.5. The minimum Gasteiger partial charge on any atom is -0.258 e. The fraction of sp³-hybridized carbons (Fsp3) is 0. The van der Waals surface area contributed by atoms with E-state index in [0.717, 1.165) is 5.56 Å². The molecule has 0 fully saturated rings. The van der Waals surface area contributed by atoms with E-state index in [2.05, 4.69) is 0 Å². The molecule has 0 aromatic heterocycles. The van der Waals surface area contributed by atoms with Crippen LogP contribution in [0.5, 0.6) is 0 Å². The molecule has 0 saturated heterocycles. The predicted molar refractivity (Wildman–Crippen MR) is 73.1 cm³/mol. The summed E-state index contributed by atoms with van der Waals surface area (Å²) in [7, 11) is 0. The van der Waals surface area contributed by atoms with Crippen molar-refractivity contribution < 1.29 is 9.31 Å². The molecule has 20 heavy (non-hydrogen) atoms. The molecule has 0 radical (unpaired) electrons. The summed E-state index contributed by atoms with van der Waals surface area (Å²) in [6, 6.07) is 11.9. The third kappa shape index (κ3) is 3.06. The highest BCUT2D eigenvalue weighted by Gasteiger charge is 2.12. The van der Waals surface area contributed by atoms with Gasteiger partial charge in [-0.3, -0.25) is 10.1 Å². The Morgan fingerprint density at radius 1 is 1.15 bits per heavy atom. The Balaban J connectivity index is 2.36. The lowest BCUT2D eigenvalue weighted by atomic mass is 10.1. The van der Waals surface area contributed by atoms with Crippen LogP contribution in [0.15, 0.2) is 42.5 Å². The first-order chi connectivity index (χ1) is 9.60. The number of nitrogens with zero attached hydrogens (tertiary/aromatic N) is 2. The molecular weight excluding hydrogens is 259 g/mol. The maximum Gasteiger partial charge on any atom is 0.277 e. The summed E-state index contributed by atoms with van der Waals surface area (Å²) in [6.45, 7) is 0. The van der Waals surface area contributed by atoms with Crippen LogP contribution in [0.2, 0.25) is 0 Å². The first-order valence-corrected chi connectivity index (χ1v) is 5.72. The van der Waals surface area contributed by atoms with Gasteiger partial charge in [0.2, 0.25) is 0 Å². The van der Waals surface area contributed by atoms with Crippen molar-refractivity contribution in [2.75, 3.05) is 0 Å². The van der Waals surface area contributed by atoms with Crippen molar-refractivity contribution in [3.05, 3.63) is 75.1 Å². The van der Waals surface area contributed by atoms with Gasteiger partial charge in [0.05, 0.1) is 22.1 Å². The van der Waals surface area contributed by atoms with Crippen LogP contribution in [0.1, 0.15) is 16.7 Å². The second-order valence-electron chi connectivity index (χ2n) is 4.03. The Labute approximate surface area is 114 Å². The summed E-state index contributed by atoms with van der Waals surface area (Å²) in [5, 5.41) is 19.7. The van der Waals surface area contributed by atoms with Crippen LogP contribution in [-0.4, -0.2) is 4.92 Å². The maximum absolute atomic E-state index is 12.8. The summed E-state index contributed by atoms with van der Waals surface area (Å²) in [5.41, 5.74) is 1.21. The second-order valence-corrected chi connectivity index (χ2v) is 4.03. The third-order valence-corrected chi connectivity index (χ3v) is 2.68. The standard InChI is InChI=1S/C15H9FN2O2/c16-14-7-3-11(4-8-14)1-5-13-6-2-12(10-17)9-15(13)18(19)20/h1-9H/b5-1+. The Morgan fingerprint density at radius 2 is 1.85 bits per heavy atom. The molecule has 0 atom stereocenters. The topological polar surface area (TPSA) is 66.9 Å². The number of nitro benzene ring substituents is 1. The highest BCUT2D eigenvalue weighted by molar-refractivity contribution is 5.74. The highest BCUT2D eigenvalue weighted by Crippen LogP contribution is 2.22. The van der Waals surface area contributed by atoms with Crippen molar-refractivity contribution in [3.8, 4) is 6.07 Å². The molecule has 0 spiro atoms. The van der Waals surface area contributed by atoms with Crippen LogP contribution in [0.25, 0.3) is 12.2 Å². The average molecular weight is 268 g/mol. The van der Waals surface area contributed by atoms with Gasteiger partial charge in [0.15, 0.2) is 0 Å². The summed E-state index contributed by atoms with van der Waals surface area (Å²) < 4.78 is 12.8. The molecule has 0 aliphatic rings. The largest absolute Gasteiger partial charge is 0.277 e. The van der Waals surface area contributed by atoms with Crippen molar-refractivity contribution in [1.82, 2.24) is 0 Å². The van der Waals surface area contributed by atoms with Gasteiger partial charge in [-0.25, -0.2) is 4.39 Å². The fourth-order valence-electron chi connectivity index (χ4n) is 1.67. The van der Waals surface area contributed by atoms with Gasteiger partial charge in [0, 0.05) is 6.07 Å². The lowest BCUT2D eigenvalue weighted by Crippen LogP contribution is -1.92. The molecule has 0 aliphatic heterocycles. The van der Waals surface area contributed by atoms with E-state index < -0.39 is 4.92 Å². The molecule has 5 heteroatoms. The number of halogens is 1. The number of nitriles is 1. The Bertz CT molecular complexity index is 716. The number of rotatable bonds is 3. The predicted octanol–water partition coefficient (Wildman–Crippen LogP) is 3.78. The van der Waals surface area contributed by atoms with Crippen molar-refractivity contribution in [2.24, 2.45) is 0 Å². The summed E-state index contributed by atoms with van der Waals surface area (Å²) >= 11 is 0. The monoisotopic (exact) mass is 268 g/mol. The molecule has 0 N–H and O–H groups in total. The van der Waals surface area contributed by atoms with Gasteiger partial charge in [-0.15, -0.1) is 0 Å². The quantitative estimate of drug-likeness (QED) is 0.483. The lowest BCUT2D eigenvalue weighted by Gasteiger charge is -1.98. The molecule has 2 rings (SSSR count). The van der Waals surface area contributed by atoms with Crippen LogP contribution in [0.4, 0.5) is 10.1 Å². The minimum atomic E-state index is -0.537. The van der Waals surface area contributed by atoms with Crippen molar-refractivity contribution in [1.29, 1.82) is 5.26 Å². The van der Waals surface area contributed by atoms with Crippen molar-refractivity contribution in [2.45, 2.75) is 0 Å².